The van der Waals surface area contributed by atoms with E-state index in [0.29, 0.717) is 13.1 Å². The Morgan fingerprint density at radius 3 is 1.39 bits per heavy atom. The first-order valence-electron chi connectivity index (χ1n) is 9.32. The standard InChI is InChI=1S/2C10H15N3O.H2O4S/c2*1-13(10(11)12)7-8-4-3-5-9(6-8)14-2;1-5(2,3)4/h2*3-6H,7H2,1-2H3,(H3,11,12);(H2,1,2,3,4). The van der Waals surface area contributed by atoms with Crippen LogP contribution in [0.3, 0.4) is 0 Å². The lowest BCUT2D eigenvalue weighted by Crippen LogP contribution is -2.32. The molecule has 0 amide bonds. The maximum absolute atomic E-state index is 8.74. The number of rotatable bonds is 6. The molecule has 0 aliphatic rings. The van der Waals surface area contributed by atoms with Gasteiger partial charge in [-0.2, -0.15) is 8.42 Å². The quantitative estimate of drug-likeness (QED) is 0.198. The molecule has 184 valence electrons. The second-order valence-corrected chi connectivity index (χ2v) is 7.53. The lowest BCUT2D eigenvalue weighted by atomic mass is 10.2. The van der Waals surface area contributed by atoms with Crippen molar-refractivity contribution in [1.29, 1.82) is 10.8 Å². The van der Waals surface area contributed by atoms with Gasteiger partial charge < -0.3 is 30.7 Å². The smallest absolute Gasteiger partial charge is 0.394 e. The molecular weight excluding hydrogens is 452 g/mol. The average Bonchev–Trinajstić information content (AvgIpc) is 2.73. The van der Waals surface area contributed by atoms with Crippen molar-refractivity contribution in [1.82, 2.24) is 9.80 Å². The van der Waals surface area contributed by atoms with E-state index in [1.165, 1.54) is 0 Å². The monoisotopic (exact) mass is 484 g/mol. The molecule has 0 aliphatic carbocycles. The summed E-state index contributed by atoms with van der Waals surface area (Å²) in [5.74, 6) is 1.76. The molecule has 13 heteroatoms. The first kappa shape index (κ1) is 29.5. The van der Waals surface area contributed by atoms with E-state index >= 15 is 0 Å². The van der Waals surface area contributed by atoms with E-state index in [1.54, 1.807) is 38.1 Å². The third-order valence-corrected chi connectivity index (χ3v) is 3.93. The largest absolute Gasteiger partial charge is 0.497 e. The molecule has 0 saturated carbocycles. The lowest BCUT2D eigenvalue weighted by molar-refractivity contribution is 0.381. The number of ether oxygens (including phenoxy) is 2. The number of hydrogen-bond donors (Lipinski definition) is 6. The zero-order chi connectivity index (χ0) is 25.6. The van der Waals surface area contributed by atoms with Gasteiger partial charge in [-0.15, -0.1) is 0 Å². The Balaban J connectivity index is 0.000000517. The number of hydrogen-bond acceptors (Lipinski definition) is 6. The Hall–Kier alpha value is -3.55. The van der Waals surface area contributed by atoms with Gasteiger partial charge in [0.1, 0.15) is 11.5 Å². The van der Waals surface area contributed by atoms with E-state index in [9.17, 15) is 0 Å². The lowest BCUT2D eigenvalue weighted by Gasteiger charge is -2.16. The van der Waals surface area contributed by atoms with E-state index < -0.39 is 10.4 Å². The highest BCUT2D eigenvalue weighted by Crippen LogP contribution is 2.14. The van der Waals surface area contributed by atoms with Crippen LogP contribution in [0.4, 0.5) is 0 Å². The van der Waals surface area contributed by atoms with E-state index in [1.807, 2.05) is 48.5 Å². The van der Waals surface area contributed by atoms with Gasteiger partial charge in [0.25, 0.3) is 0 Å². The van der Waals surface area contributed by atoms with Crippen molar-refractivity contribution in [3.8, 4) is 11.5 Å². The molecule has 8 N–H and O–H groups in total. The molecule has 0 bridgehead atoms. The summed E-state index contributed by atoms with van der Waals surface area (Å²) in [5.41, 5.74) is 12.8. The molecule has 0 spiro atoms. The average molecular weight is 485 g/mol. The molecule has 33 heavy (non-hydrogen) atoms. The Bertz CT molecular complexity index is 929. The van der Waals surface area contributed by atoms with Crippen molar-refractivity contribution in [2.45, 2.75) is 13.1 Å². The normalized spacial score (nSPS) is 9.88. The summed E-state index contributed by atoms with van der Waals surface area (Å²) in [4.78, 5) is 3.32. The summed E-state index contributed by atoms with van der Waals surface area (Å²) in [6.45, 7) is 1.24. The van der Waals surface area contributed by atoms with Gasteiger partial charge in [-0.3, -0.25) is 19.9 Å². The van der Waals surface area contributed by atoms with Crippen LogP contribution in [0.15, 0.2) is 48.5 Å². The second-order valence-electron chi connectivity index (χ2n) is 6.63. The van der Waals surface area contributed by atoms with Crippen LogP contribution in [0.1, 0.15) is 11.1 Å². The number of guanidine groups is 2. The molecular formula is C20H32N6O6S. The summed E-state index contributed by atoms with van der Waals surface area (Å²) in [7, 11) is 2.16. The highest BCUT2D eigenvalue weighted by Gasteiger charge is 2.02. The fraction of sp³-hybridized carbons (Fsp3) is 0.300. The molecule has 0 fully saturated rings. The molecule has 0 saturated heterocycles. The molecule has 2 aromatic rings. The molecule has 2 aromatic carbocycles. The fourth-order valence-electron chi connectivity index (χ4n) is 2.26. The third kappa shape index (κ3) is 15.0. The van der Waals surface area contributed by atoms with Gasteiger partial charge in [-0.1, -0.05) is 24.3 Å². The molecule has 0 radical (unpaired) electrons. The van der Waals surface area contributed by atoms with E-state index in [2.05, 4.69) is 0 Å². The third-order valence-electron chi connectivity index (χ3n) is 3.93. The van der Waals surface area contributed by atoms with Crippen molar-refractivity contribution in [3.63, 3.8) is 0 Å². The van der Waals surface area contributed by atoms with E-state index in [0.717, 1.165) is 22.6 Å². The van der Waals surface area contributed by atoms with Crippen LogP contribution in [-0.4, -0.2) is 67.6 Å². The van der Waals surface area contributed by atoms with E-state index in [-0.39, 0.29) is 11.9 Å². The maximum atomic E-state index is 8.74. The summed E-state index contributed by atoms with van der Waals surface area (Å²) in [6, 6.07) is 15.4. The van der Waals surface area contributed by atoms with Crippen LogP contribution >= 0.6 is 0 Å². The number of benzene rings is 2. The van der Waals surface area contributed by atoms with Gasteiger partial charge in [0.05, 0.1) is 14.2 Å². The zero-order valence-electron chi connectivity index (χ0n) is 19.0. The second kappa shape index (κ2) is 14.5. The predicted molar refractivity (Wildman–Crippen MR) is 127 cm³/mol. The van der Waals surface area contributed by atoms with Crippen LogP contribution in [0, 0.1) is 10.8 Å². The Morgan fingerprint density at radius 1 is 0.848 bits per heavy atom. The van der Waals surface area contributed by atoms with Gasteiger partial charge in [-0.05, 0) is 35.4 Å². The molecule has 0 aliphatic heterocycles. The van der Waals surface area contributed by atoms with Gasteiger partial charge in [-0.25, -0.2) is 0 Å². The van der Waals surface area contributed by atoms with E-state index in [4.69, 9.17) is 49.3 Å². The summed E-state index contributed by atoms with van der Waals surface area (Å²) < 4.78 is 41.8. The molecule has 0 unspecified atom stereocenters. The van der Waals surface area contributed by atoms with Gasteiger partial charge >= 0.3 is 10.4 Å². The van der Waals surface area contributed by atoms with Gasteiger partial charge in [0.15, 0.2) is 11.9 Å². The topological polar surface area (TPSA) is 199 Å². The van der Waals surface area contributed by atoms with Crippen LogP contribution in [0.25, 0.3) is 0 Å². The first-order chi connectivity index (χ1) is 15.3. The minimum Gasteiger partial charge on any atom is -0.497 e. The predicted octanol–water partition coefficient (Wildman–Crippen LogP) is 1.39. The van der Waals surface area contributed by atoms with Crippen molar-refractivity contribution in [2.75, 3.05) is 28.3 Å². The SMILES string of the molecule is COc1cccc(CN(C)C(=N)N)c1.COc1cccc(CN(C)C(=N)N)c1.O=S(=O)(O)O. The summed E-state index contributed by atoms with van der Waals surface area (Å²) in [5, 5.41) is 14.4. The zero-order valence-corrected chi connectivity index (χ0v) is 19.8. The first-order valence-corrected chi connectivity index (χ1v) is 10.7. The molecule has 0 heterocycles. The highest BCUT2D eigenvalue weighted by atomic mass is 32.3. The van der Waals surface area contributed by atoms with Crippen molar-refractivity contribution < 1.29 is 27.0 Å². The Kier molecular flexibility index (Phi) is 12.9. The molecule has 0 atom stereocenters. The van der Waals surface area contributed by atoms with Gasteiger partial charge in [0, 0.05) is 27.2 Å². The minimum atomic E-state index is -4.67. The number of nitrogens with zero attached hydrogens (tertiary/aromatic N) is 2. The van der Waals surface area contributed by atoms with Crippen molar-refractivity contribution in [2.24, 2.45) is 11.5 Å². The van der Waals surface area contributed by atoms with Crippen LogP contribution in [0.2, 0.25) is 0 Å². The summed E-state index contributed by atoms with van der Waals surface area (Å²) in [6.07, 6.45) is 0. The molecule has 12 nitrogen and oxygen atoms in total. The number of methoxy groups -OCH3 is 2. The van der Waals surface area contributed by atoms with Gasteiger partial charge in [0.2, 0.25) is 0 Å². The molecule has 2 rings (SSSR count). The van der Waals surface area contributed by atoms with Crippen molar-refractivity contribution in [3.05, 3.63) is 59.7 Å². The number of nitrogens with one attached hydrogen (secondary N) is 2. The Labute approximate surface area is 194 Å². The fourth-order valence-corrected chi connectivity index (χ4v) is 2.26. The molecule has 0 aromatic heterocycles. The highest BCUT2D eigenvalue weighted by molar-refractivity contribution is 7.79. The Morgan fingerprint density at radius 2 is 1.15 bits per heavy atom. The van der Waals surface area contributed by atoms with Crippen LogP contribution < -0.4 is 20.9 Å². The maximum Gasteiger partial charge on any atom is 0.394 e. The summed E-state index contributed by atoms with van der Waals surface area (Å²) >= 11 is 0. The van der Waals surface area contributed by atoms with Crippen molar-refractivity contribution >= 4 is 22.3 Å². The minimum absolute atomic E-state index is 0.0628. The van der Waals surface area contributed by atoms with Crippen LogP contribution in [0.5, 0.6) is 11.5 Å². The number of nitrogens with two attached hydrogens (primary N) is 2. The van der Waals surface area contributed by atoms with Crippen LogP contribution in [-0.2, 0) is 23.5 Å².